The number of sulfone groups is 1. The molecule has 6 heteroatoms. The number of hydrogen-bond acceptors (Lipinski definition) is 4. The van der Waals surface area contributed by atoms with Gasteiger partial charge in [0.05, 0.1) is 17.6 Å². The molecule has 16 heavy (non-hydrogen) atoms. The summed E-state index contributed by atoms with van der Waals surface area (Å²) in [6.07, 6.45) is 1.22. The van der Waals surface area contributed by atoms with E-state index < -0.39 is 15.3 Å². The van der Waals surface area contributed by atoms with Crippen LogP contribution in [0.4, 0.5) is 0 Å². The van der Waals surface area contributed by atoms with Crippen molar-refractivity contribution in [2.45, 2.75) is 25.8 Å². The number of carbonyl (C=O) groups is 1. The lowest BCUT2D eigenvalue weighted by Gasteiger charge is -2.34. The van der Waals surface area contributed by atoms with Gasteiger partial charge in [0, 0.05) is 12.6 Å². The van der Waals surface area contributed by atoms with Crippen molar-refractivity contribution in [3.05, 3.63) is 0 Å². The molecule has 0 bridgehead atoms. The number of rotatable bonds is 1. The molecule has 1 saturated heterocycles. The van der Waals surface area contributed by atoms with Crippen LogP contribution in [-0.4, -0.2) is 43.3 Å². The van der Waals surface area contributed by atoms with E-state index in [4.69, 9.17) is 5.26 Å². The van der Waals surface area contributed by atoms with Crippen molar-refractivity contribution >= 4 is 15.7 Å². The van der Waals surface area contributed by atoms with E-state index in [1.165, 1.54) is 0 Å². The normalized spacial score (nSPS) is 30.5. The highest BCUT2D eigenvalue weighted by molar-refractivity contribution is 7.91. The Morgan fingerprint density at radius 3 is 2.56 bits per heavy atom. The fourth-order valence-corrected chi connectivity index (χ4v) is 3.63. The third-order valence-electron chi connectivity index (χ3n) is 3.30. The Morgan fingerprint density at radius 2 is 2.12 bits per heavy atom. The van der Waals surface area contributed by atoms with Gasteiger partial charge in [-0.25, -0.2) is 8.42 Å². The molecule has 1 amide bonds. The highest BCUT2D eigenvalue weighted by Gasteiger charge is 2.53. The molecule has 1 heterocycles. The number of hydrogen-bond donors (Lipinski definition) is 0. The summed E-state index contributed by atoms with van der Waals surface area (Å²) in [6, 6.07) is 1.74. The molecule has 2 fully saturated rings. The maximum Gasteiger partial charge on any atom is 0.243 e. The Balaban J connectivity index is 2.13. The predicted molar refractivity (Wildman–Crippen MR) is 57.1 cm³/mol. The summed E-state index contributed by atoms with van der Waals surface area (Å²) in [4.78, 5) is 13.6. The van der Waals surface area contributed by atoms with Gasteiger partial charge in [-0.3, -0.25) is 4.79 Å². The fourth-order valence-electron chi connectivity index (χ4n) is 2.07. The van der Waals surface area contributed by atoms with E-state index in [-0.39, 0.29) is 30.0 Å². The van der Waals surface area contributed by atoms with Gasteiger partial charge in [-0.05, 0) is 19.8 Å². The van der Waals surface area contributed by atoms with Crippen LogP contribution in [-0.2, 0) is 14.6 Å². The number of carbonyl (C=O) groups excluding carboxylic acids is 1. The van der Waals surface area contributed by atoms with Crippen LogP contribution in [0.25, 0.3) is 0 Å². The Morgan fingerprint density at radius 1 is 1.50 bits per heavy atom. The maximum absolute atomic E-state index is 12.0. The van der Waals surface area contributed by atoms with Crippen molar-refractivity contribution in [3.63, 3.8) is 0 Å². The van der Waals surface area contributed by atoms with Gasteiger partial charge in [0.15, 0.2) is 9.84 Å². The molecule has 1 aliphatic carbocycles. The molecule has 88 valence electrons. The Bertz CT molecular complexity index is 459. The third-order valence-corrected chi connectivity index (χ3v) is 5.10. The lowest BCUT2D eigenvalue weighted by atomic mass is 10.1. The molecule has 0 aromatic heterocycles. The molecule has 1 aliphatic heterocycles. The Kier molecular flexibility index (Phi) is 2.46. The lowest BCUT2D eigenvalue weighted by molar-refractivity contribution is -0.136. The molecule has 0 aromatic carbocycles. The summed E-state index contributed by atoms with van der Waals surface area (Å²) in [6.45, 7) is 1.95. The molecule has 1 atom stereocenters. The first-order valence-electron chi connectivity index (χ1n) is 5.33. The first-order valence-corrected chi connectivity index (χ1v) is 7.15. The summed E-state index contributed by atoms with van der Waals surface area (Å²) in [7, 11) is -3.01. The van der Waals surface area contributed by atoms with Gasteiger partial charge in [-0.15, -0.1) is 0 Å². The number of amides is 1. The fraction of sp³-hybridized carbons (Fsp3) is 0.800. The zero-order chi connectivity index (χ0) is 12.0. The standard InChI is InChI=1S/C10H14N2O3S/c1-8-6-16(14,15)5-4-12(8)9(13)10(7-11)2-3-10/h8H,2-6H2,1H3. The topological polar surface area (TPSA) is 78.2 Å². The van der Waals surface area contributed by atoms with E-state index in [9.17, 15) is 13.2 Å². The van der Waals surface area contributed by atoms with Crippen molar-refractivity contribution in [1.82, 2.24) is 4.90 Å². The van der Waals surface area contributed by atoms with Crippen molar-refractivity contribution in [1.29, 1.82) is 5.26 Å². The van der Waals surface area contributed by atoms with Gasteiger partial charge in [0.25, 0.3) is 0 Å². The van der Waals surface area contributed by atoms with E-state index in [0.29, 0.717) is 12.8 Å². The molecule has 1 saturated carbocycles. The molecular weight excluding hydrogens is 228 g/mol. The molecule has 1 unspecified atom stereocenters. The third kappa shape index (κ3) is 1.80. The maximum atomic E-state index is 12.0. The minimum atomic E-state index is -3.01. The smallest absolute Gasteiger partial charge is 0.243 e. The van der Waals surface area contributed by atoms with Crippen LogP contribution in [0.2, 0.25) is 0 Å². The summed E-state index contributed by atoms with van der Waals surface area (Å²) in [5, 5.41) is 8.93. The monoisotopic (exact) mass is 242 g/mol. The zero-order valence-corrected chi connectivity index (χ0v) is 9.96. The predicted octanol–water partition coefficient (Wildman–Crippen LogP) is -0.0643. The zero-order valence-electron chi connectivity index (χ0n) is 9.14. The average Bonchev–Trinajstić information content (AvgIpc) is 2.96. The molecule has 0 N–H and O–H groups in total. The minimum absolute atomic E-state index is 0.0141. The SMILES string of the molecule is CC1CS(=O)(=O)CCN1C(=O)C1(C#N)CC1. The Labute approximate surface area is 95.0 Å². The van der Waals surface area contributed by atoms with Crippen LogP contribution < -0.4 is 0 Å². The van der Waals surface area contributed by atoms with E-state index in [0.717, 1.165) is 0 Å². The molecule has 2 rings (SSSR count). The summed E-state index contributed by atoms with van der Waals surface area (Å²) < 4.78 is 22.7. The van der Waals surface area contributed by atoms with Gasteiger partial charge < -0.3 is 4.90 Å². The van der Waals surface area contributed by atoms with Crippen molar-refractivity contribution in [2.75, 3.05) is 18.1 Å². The lowest BCUT2D eigenvalue weighted by Crippen LogP contribution is -2.52. The van der Waals surface area contributed by atoms with Crippen molar-refractivity contribution in [2.24, 2.45) is 5.41 Å². The molecular formula is C10H14N2O3S. The first kappa shape index (κ1) is 11.4. The molecule has 0 aromatic rings. The van der Waals surface area contributed by atoms with Crippen LogP contribution >= 0.6 is 0 Å². The molecule has 5 nitrogen and oxygen atoms in total. The molecule has 0 radical (unpaired) electrons. The van der Waals surface area contributed by atoms with Gasteiger partial charge in [0.1, 0.15) is 5.41 Å². The highest BCUT2D eigenvalue weighted by atomic mass is 32.2. The summed E-state index contributed by atoms with van der Waals surface area (Å²) in [5.41, 5.74) is -0.838. The second kappa shape index (κ2) is 3.45. The quantitative estimate of drug-likeness (QED) is 0.645. The molecule has 2 aliphatic rings. The van der Waals surface area contributed by atoms with Crippen LogP contribution in [0.5, 0.6) is 0 Å². The highest BCUT2D eigenvalue weighted by Crippen LogP contribution is 2.47. The summed E-state index contributed by atoms with van der Waals surface area (Å²) >= 11 is 0. The van der Waals surface area contributed by atoms with Crippen LogP contribution in [0, 0.1) is 16.7 Å². The second-order valence-electron chi connectivity index (χ2n) is 4.66. The first-order chi connectivity index (χ1) is 7.40. The van der Waals surface area contributed by atoms with E-state index >= 15 is 0 Å². The van der Waals surface area contributed by atoms with Gasteiger partial charge in [0.2, 0.25) is 5.91 Å². The largest absolute Gasteiger partial charge is 0.337 e. The summed E-state index contributed by atoms with van der Waals surface area (Å²) in [5.74, 6) is -0.150. The number of nitriles is 1. The van der Waals surface area contributed by atoms with Gasteiger partial charge in [-0.2, -0.15) is 5.26 Å². The van der Waals surface area contributed by atoms with Crippen molar-refractivity contribution < 1.29 is 13.2 Å². The van der Waals surface area contributed by atoms with Crippen LogP contribution in [0.3, 0.4) is 0 Å². The van der Waals surface area contributed by atoms with Crippen LogP contribution in [0.1, 0.15) is 19.8 Å². The van der Waals surface area contributed by atoms with Gasteiger partial charge >= 0.3 is 0 Å². The van der Waals surface area contributed by atoms with E-state index in [1.54, 1.807) is 11.8 Å². The Hall–Kier alpha value is -1.09. The van der Waals surface area contributed by atoms with E-state index in [1.807, 2.05) is 0 Å². The average molecular weight is 242 g/mol. The minimum Gasteiger partial charge on any atom is -0.337 e. The van der Waals surface area contributed by atoms with Crippen LogP contribution in [0.15, 0.2) is 0 Å². The second-order valence-corrected chi connectivity index (χ2v) is 6.88. The van der Waals surface area contributed by atoms with E-state index in [2.05, 4.69) is 6.07 Å². The van der Waals surface area contributed by atoms with Crippen molar-refractivity contribution in [3.8, 4) is 6.07 Å². The van der Waals surface area contributed by atoms with Gasteiger partial charge in [-0.1, -0.05) is 0 Å². The molecule has 0 spiro atoms. The number of nitrogens with zero attached hydrogens (tertiary/aromatic N) is 2.